The third-order valence-electron chi connectivity index (χ3n) is 3.02. The van der Waals surface area contributed by atoms with Crippen LogP contribution in [0.1, 0.15) is 84.0 Å². The lowest BCUT2D eigenvalue weighted by Gasteiger charge is -2.00. The van der Waals surface area contributed by atoms with Crippen LogP contribution in [-0.2, 0) is 0 Å². The van der Waals surface area contributed by atoms with Gasteiger partial charge in [0.15, 0.2) is 0 Å². The van der Waals surface area contributed by atoms with Gasteiger partial charge in [-0.15, -0.1) is 11.8 Å². The Bertz CT molecular complexity index is 187. The van der Waals surface area contributed by atoms with E-state index < -0.39 is 0 Å². The van der Waals surface area contributed by atoms with Gasteiger partial charge in [0.2, 0.25) is 0 Å². The molecule has 0 amide bonds. The highest BCUT2D eigenvalue weighted by Gasteiger charge is 1.91. The van der Waals surface area contributed by atoms with Crippen LogP contribution in [0.25, 0.3) is 0 Å². The van der Waals surface area contributed by atoms with Crippen molar-refractivity contribution in [3.8, 4) is 11.8 Å². The Labute approximate surface area is 108 Å². The first kappa shape index (κ1) is 16.5. The molecule has 0 heterocycles. The summed E-state index contributed by atoms with van der Waals surface area (Å²) in [5.41, 5.74) is 0. The van der Waals surface area contributed by atoms with Crippen molar-refractivity contribution < 1.29 is 5.11 Å². The Kier molecular flexibility index (Phi) is 15.1. The second kappa shape index (κ2) is 15.5. The maximum Gasteiger partial charge on any atom is 0.0540 e. The Morgan fingerprint density at radius 3 is 1.65 bits per heavy atom. The molecule has 1 N–H and O–H groups in total. The standard InChI is InChI=1S/C16H30O/c1-2-3-4-5-6-7-8-9-10-11-12-13-14-15-16-17/h17H,2-12,15-16H2,1H3. The van der Waals surface area contributed by atoms with Crippen molar-refractivity contribution >= 4 is 0 Å². The normalized spacial score (nSPS) is 10.0. The van der Waals surface area contributed by atoms with Crippen molar-refractivity contribution in [2.75, 3.05) is 6.61 Å². The van der Waals surface area contributed by atoms with Crippen LogP contribution in [-0.4, -0.2) is 11.7 Å². The minimum Gasteiger partial charge on any atom is -0.395 e. The minimum atomic E-state index is 0.199. The van der Waals surface area contributed by atoms with Gasteiger partial charge < -0.3 is 5.11 Å². The highest BCUT2D eigenvalue weighted by molar-refractivity contribution is 4.98. The van der Waals surface area contributed by atoms with E-state index in [9.17, 15) is 0 Å². The summed E-state index contributed by atoms with van der Waals surface area (Å²) in [6.45, 7) is 2.47. The molecule has 0 aromatic rings. The lowest BCUT2D eigenvalue weighted by Crippen LogP contribution is -1.81. The first-order valence-corrected chi connectivity index (χ1v) is 7.48. The smallest absolute Gasteiger partial charge is 0.0540 e. The molecular weight excluding hydrogens is 208 g/mol. The summed E-state index contributed by atoms with van der Waals surface area (Å²) in [4.78, 5) is 0. The van der Waals surface area contributed by atoms with Crippen LogP contribution < -0.4 is 0 Å². The molecule has 0 saturated carbocycles. The molecule has 0 unspecified atom stereocenters. The third-order valence-corrected chi connectivity index (χ3v) is 3.02. The number of rotatable bonds is 11. The maximum atomic E-state index is 8.54. The van der Waals surface area contributed by atoms with Crippen molar-refractivity contribution in [3.05, 3.63) is 0 Å². The molecule has 0 aliphatic heterocycles. The number of aliphatic hydroxyl groups is 1. The predicted molar refractivity (Wildman–Crippen MR) is 75.9 cm³/mol. The van der Waals surface area contributed by atoms with Crippen LogP contribution in [0.5, 0.6) is 0 Å². The molecule has 17 heavy (non-hydrogen) atoms. The molecule has 0 aliphatic carbocycles. The first-order chi connectivity index (χ1) is 8.41. The number of unbranched alkanes of at least 4 members (excludes halogenated alkanes) is 10. The second-order valence-electron chi connectivity index (χ2n) is 4.76. The van der Waals surface area contributed by atoms with Gasteiger partial charge in [-0.2, -0.15) is 0 Å². The zero-order valence-electron chi connectivity index (χ0n) is 11.6. The lowest BCUT2D eigenvalue weighted by atomic mass is 10.1. The third kappa shape index (κ3) is 15.5. The lowest BCUT2D eigenvalue weighted by molar-refractivity contribution is 0.305. The fraction of sp³-hybridized carbons (Fsp3) is 0.875. The summed E-state index contributed by atoms with van der Waals surface area (Å²) in [5, 5.41) is 8.54. The van der Waals surface area contributed by atoms with Crippen LogP contribution >= 0.6 is 0 Å². The first-order valence-electron chi connectivity index (χ1n) is 7.48. The summed E-state index contributed by atoms with van der Waals surface area (Å²) in [6.07, 6.45) is 15.4. The summed E-state index contributed by atoms with van der Waals surface area (Å²) < 4.78 is 0. The molecule has 0 aromatic carbocycles. The van der Waals surface area contributed by atoms with Crippen molar-refractivity contribution in [1.82, 2.24) is 0 Å². The van der Waals surface area contributed by atoms with E-state index in [0.29, 0.717) is 6.42 Å². The van der Waals surface area contributed by atoms with Gasteiger partial charge in [-0.25, -0.2) is 0 Å². The molecular formula is C16H30O. The minimum absolute atomic E-state index is 0.199. The van der Waals surface area contributed by atoms with Crippen LogP contribution in [0.2, 0.25) is 0 Å². The van der Waals surface area contributed by atoms with Gasteiger partial charge in [0.05, 0.1) is 6.61 Å². The topological polar surface area (TPSA) is 20.2 Å². The van der Waals surface area contributed by atoms with E-state index in [1.165, 1.54) is 64.2 Å². The maximum absolute atomic E-state index is 8.54. The Morgan fingerprint density at radius 2 is 1.12 bits per heavy atom. The van der Waals surface area contributed by atoms with Gasteiger partial charge in [0, 0.05) is 12.8 Å². The second-order valence-corrected chi connectivity index (χ2v) is 4.76. The Morgan fingerprint density at radius 1 is 0.647 bits per heavy atom. The van der Waals surface area contributed by atoms with E-state index in [4.69, 9.17) is 5.11 Å². The molecule has 0 aromatic heterocycles. The van der Waals surface area contributed by atoms with Crippen molar-refractivity contribution in [1.29, 1.82) is 0 Å². The molecule has 1 heteroatoms. The molecule has 1 nitrogen and oxygen atoms in total. The molecule has 0 rings (SSSR count). The highest BCUT2D eigenvalue weighted by atomic mass is 16.2. The molecule has 0 radical (unpaired) electrons. The van der Waals surface area contributed by atoms with E-state index >= 15 is 0 Å². The quantitative estimate of drug-likeness (QED) is 0.409. The fourth-order valence-electron chi connectivity index (χ4n) is 1.93. The number of aliphatic hydroxyl groups excluding tert-OH is 1. The van der Waals surface area contributed by atoms with E-state index in [2.05, 4.69) is 18.8 Å². The molecule has 0 saturated heterocycles. The van der Waals surface area contributed by atoms with Crippen molar-refractivity contribution in [3.63, 3.8) is 0 Å². The Balaban J connectivity index is 2.97. The fourth-order valence-corrected chi connectivity index (χ4v) is 1.93. The van der Waals surface area contributed by atoms with Crippen LogP contribution in [0.15, 0.2) is 0 Å². The molecule has 100 valence electrons. The summed E-state index contributed by atoms with van der Waals surface area (Å²) in [5.74, 6) is 6.07. The van der Waals surface area contributed by atoms with Crippen LogP contribution in [0, 0.1) is 11.8 Å². The van der Waals surface area contributed by atoms with E-state index in [0.717, 1.165) is 6.42 Å². The van der Waals surface area contributed by atoms with E-state index in [1.54, 1.807) is 0 Å². The molecule has 0 aliphatic rings. The predicted octanol–water partition coefficient (Wildman–Crippen LogP) is 4.68. The summed E-state index contributed by atoms with van der Waals surface area (Å²) in [7, 11) is 0. The largest absolute Gasteiger partial charge is 0.395 e. The van der Waals surface area contributed by atoms with Gasteiger partial charge >= 0.3 is 0 Å². The number of hydrogen-bond donors (Lipinski definition) is 1. The highest BCUT2D eigenvalue weighted by Crippen LogP contribution is 2.10. The average molecular weight is 238 g/mol. The van der Waals surface area contributed by atoms with Gasteiger partial charge in [0.25, 0.3) is 0 Å². The van der Waals surface area contributed by atoms with Crippen LogP contribution in [0.4, 0.5) is 0 Å². The van der Waals surface area contributed by atoms with Crippen molar-refractivity contribution in [2.24, 2.45) is 0 Å². The van der Waals surface area contributed by atoms with E-state index in [-0.39, 0.29) is 6.61 Å². The molecule has 0 fully saturated rings. The van der Waals surface area contributed by atoms with Crippen LogP contribution in [0.3, 0.4) is 0 Å². The molecule has 0 atom stereocenters. The van der Waals surface area contributed by atoms with Gasteiger partial charge in [-0.1, -0.05) is 64.7 Å². The van der Waals surface area contributed by atoms with Gasteiger partial charge in [-0.3, -0.25) is 0 Å². The number of hydrogen-bond acceptors (Lipinski definition) is 1. The average Bonchev–Trinajstić information content (AvgIpc) is 2.35. The van der Waals surface area contributed by atoms with Crippen molar-refractivity contribution in [2.45, 2.75) is 84.0 Å². The van der Waals surface area contributed by atoms with Gasteiger partial charge in [0.1, 0.15) is 0 Å². The molecule has 0 spiro atoms. The molecule has 0 bridgehead atoms. The summed E-state index contributed by atoms with van der Waals surface area (Å²) in [6, 6.07) is 0. The monoisotopic (exact) mass is 238 g/mol. The zero-order valence-corrected chi connectivity index (χ0v) is 11.6. The zero-order chi connectivity index (χ0) is 12.6. The summed E-state index contributed by atoms with van der Waals surface area (Å²) >= 11 is 0. The van der Waals surface area contributed by atoms with Gasteiger partial charge in [-0.05, 0) is 6.42 Å². The van der Waals surface area contributed by atoms with E-state index in [1.807, 2.05) is 0 Å². The Hall–Kier alpha value is -0.480. The SMILES string of the molecule is CCCCCCCCCCCCC#CCCO.